The number of nitrogens with one attached hydrogen (secondary N) is 1. The second-order valence-corrected chi connectivity index (χ2v) is 9.46. The number of hydrogen-bond acceptors (Lipinski definition) is 4. The van der Waals surface area contributed by atoms with E-state index in [1.165, 1.54) is 22.6 Å². The molecule has 1 amide bonds. The number of H-pyrrole nitrogens is 1. The third-order valence-corrected chi connectivity index (χ3v) is 7.86. The van der Waals surface area contributed by atoms with Gasteiger partial charge in [-0.1, -0.05) is 59.6 Å². The number of halogens is 2. The van der Waals surface area contributed by atoms with Crippen molar-refractivity contribution in [1.82, 2.24) is 19.4 Å². The molecule has 0 saturated carbocycles. The summed E-state index contributed by atoms with van der Waals surface area (Å²) in [4.78, 5) is 14.6. The van der Waals surface area contributed by atoms with Crippen LogP contribution < -0.4 is 0 Å². The molecule has 1 N–H and O–H groups in total. The highest BCUT2D eigenvalue weighted by Crippen LogP contribution is 2.31. The van der Waals surface area contributed by atoms with Crippen LogP contribution in [-0.2, 0) is 10.0 Å². The molecule has 3 aromatic rings. The number of benzene rings is 2. The molecule has 0 atom stereocenters. The van der Waals surface area contributed by atoms with Crippen molar-refractivity contribution in [2.24, 2.45) is 0 Å². The van der Waals surface area contributed by atoms with E-state index < -0.39 is 10.0 Å². The normalized spacial score (nSPS) is 15.3. The summed E-state index contributed by atoms with van der Waals surface area (Å²) >= 11 is 12.1. The van der Waals surface area contributed by atoms with Gasteiger partial charge in [0.2, 0.25) is 10.0 Å². The summed E-state index contributed by atoms with van der Waals surface area (Å²) in [6.07, 6.45) is 1.50. The molecule has 10 heteroatoms. The second-order valence-electron chi connectivity index (χ2n) is 6.77. The molecular weight excluding hydrogens is 447 g/mol. The molecule has 1 aromatic heterocycles. The van der Waals surface area contributed by atoms with Gasteiger partial charge in [-0.2, -0.15) is 9.40 Å². The van der Waals surface area contributed by atoms with Gasteiger partial charge in [-0.25, -0.2) is 8.42 Å². The van der Waals surface area contributed by atoms with E-state index in [1.807, 2.05) is 30.3 Å². The van der Waals surface area contributed by atoms with Crippen molar-refractivity contribution in [3.63, 3.8) is 0 Å². The molecule has 2 aromatic carbocycles. The van der Waals surface area contributed by atoms with E-state index in [0.29, 0.717) is 11.3 Å². The monoisotopic (exact) mass is 464 g/mol. The van der Waals surface area contributed by atoms with Crippen LogP contribution in [0.1, 0.15) is 10.4 Å². The number of carbonyl (C=O) groups excluding carboxylic acids is 1. The molecule has 0 unspecified atom stereocenters. The zero-order chi connectivity index (χ0) is 21.3. The van der Waals surface area contributed by atoms with E-state index in [2.05, 4.69) is 10.2 Å². The standard InChI is InChI=1S/C20H18Cl2N4O3S/c21-16-7-4-8-17(18(16)22)30(28,29)26-11-9-25(10-12-26)20(27)15-13-23-24-19(15)14-5-2-1-3-6-14/h1-8,13H,9-12H2,(H,23,24). The lowest BCUT2D eigenvalue weighted by Crippen LogP contribution is -2.50. The lowest BCUT2D eigenvalue weighted by atomic mass is 10.1. The minimum Gasteiger partial charge on any atom is -0.336 e. The lowest BCUT2D eigenvalue weighted by Gasteiger charge is -2.34. The first-order valence-electron chi connectivity index (χ1n) is 9.22. The number of carbonyl (C=O) groups is 1. The Kier molecular flexibility index (Phi) is 5.84. The average molecular weight is 465 g/mol. The summed E-state index contributed by atoms with van der Waals surface area (Å²) in [5.41, 5.74) is 1.95. The van der Waals surface area contributed by atoms with Crippen LogP contribution in [0, 0.1) is 0 Å². The van der Waals surface area contributed by atoms with E-state index in [9.17, 15) is 13.2 Å². The van der Waals surface area contributed by atoms with Gasteiger partial charge >= 0.3 is 0 Å². The van der Waals surface area contributed by atoms with Gasteiger partial charge in [0.05, 0.1) is 27.5 Å². The number of nitrogens with zero attached hydrogens (tertiary/aromatic N) is 3. The van der Waals surface area contributed by atoms with Gasteiger partial charge in [-0.05, 0) is 12.1 Å². The van der Waals surface area contributed by atoms with Crippen molar-refractivity contribution >= 4 is 39.1 Å². The van der Waals surface area contributed by atoms with Crippen molar-refractivity contribution in [2.75, 3.05) is 26.2 Å². The Morgan fingerprint density at radius 2 is 1.67 bits per heavy atom. The Labute approximate surface area is 184 Å². The van der Waals surface area contributed by atoms with E-state index in [4.69, 9.17) is 23.2 Å². The Morgan fingerprint density at radius 1 is 0.967 bits per heavy atom. The summed E-state index contributed by atoms with van der Waals surface area (Å²) in [5.74, 6) is -0.194. The van der Waals surface area contributed by atoms with Gasteiger partial charge in [-0.3, -0.25) is 9.89 Å². The molecule has 4 rings (SSSR count). The number of sulfonamides is 1. The first-order valence-corrected chi connectivity index (χ1v) is 11.4. The zero-order valence-electron chi connectivity index (χ0n) is 15.8. The van der Waals surface area contributed by atoms with Crippen LogP contribution in [0.2, 0.25) is 10.0 Å². The Hall–Kier alpha value is -2.39. The highest BCUT2D eigenvalue weighted by Gasteiger charge is 2.33. The Morgan fingerprint density at radius 3 is 2.37 bits per heavy atom. The molecule has 156 valence electrons. The first-order chi connectivity index (χ1) is 14.4. The van der Waals surface area contributed by atoms with Crippen LogP contribution >= 0.6 is 23.2 Å². The highest BCUT2D eigenvalue weighted by atomic mass is 35.5. The number of aromatic amines is 1. The molecule has 0 radical (unpaired) electrons. The fourth-order valence-corrected chi connectivity index (χ4v) is 5.56. The van der Waals surface area contributed by atoms with E-state index in [1.54, 1.807) is 11.0 Å². The molecule has 1 aliphatic rings. The summed E-state index contributed by atoms with van der Waals surface area (Å²) < 4.78 is 27.3. The van der Waals surface area contributed by atoms with Gasteiger partial charge in [0.1, 0.15) is 4.90 Å². The predicted molar refractivity (Wildman–Crippen MR) is 115 cm³/mol. The maximum atomic E-state index is 13.0. The van der Waals surface area contributed by atoms with Gasteiger partial charge < -0.3 is 4.90 Å². The fourth-order valence-electron chi connectivity index (χ4n) is 3.40. The lowest BCUT2D eigenvalue weighted by molar-refractivity contribution is 0.0698. The summed E-state index contributed by atoms with van der Waals surface area (Å²) in [6, 6.07) is 14.0. The molecule has 1 fully saturated rings. The highest BCUT2D eigenvalue weighted by molar-refractivity contribution is 7.89. The smallest absolute Gasteiger partial charge is 0.257 e. The molecule has 30 heavy (non-hydrogen) atoms. The summed E-state index contributed by atoms with van der Waals surface area (Å²) in [7, 11) is -3.81. The zero-order valence-corrected chi connectivity index (χ0v) is 18.1. The van der Waals surface area contributed by atoms with Crippen molar-refractivity contribution in [2.45, 2.75) is 4.90 Å². The van der Waals surface area contributed by atoms with Crippen LogP contribution in [0.25, 0.3) is 11.3 Å². The van der Waals surface area contributed by atoms with Crippen LogP contribution in [-0.4, -0.2) is 59.9 Å². The van der Waals surface area contributed by atoms with E-state index in [-0.39, 0.29) is 47.0 Å². The molecule has 0 aliphatic carbocycles. The first kappa shape index (κ1) is 20.9. The molecule has 0 spiro atoms. The maximum absolute atomic E-state index is 13.0. The minimum absolute atomic E-state index is 0.00331. The number of hydrogen-bond donors (Lipinski definition) is 1. The molecule has 2 heterocycles. The quantitative estimate of drug-likeness (QED) is 0.639. The van der Waals surface area contributed by atoms with Gasteiger partial charge in [-0.15, -0.1) is 0 Å². The Balaban J connectivity index is 1.50. The predicted octanol–water partition coefficient (Wildman–Crippen LogP) is 3.53. The van der Waals surface area contributed by atoms with Crippen molar-refractivity contribution in [1.29, 1.82) is 0 Å². The molecule has 7 nitrogen and oxygen atoms in total. The molecule has 1 aliphatic heterocycles. The van der Waals surface area contributed by atoms with Crippen LogP contribution in [0.3, 0.4) is 0 Å². The van der Waals surface area contributed by atoms with Gasteiger partial charge in [0.25, 0.3) is 5.91 Å². The largest absolute Gasteiger partial charge is 0.336 e. The third-order valence-electron chi connectivity index (χ3n) is 4.99. The minimum atomic E-state index is -3.81. The van der Waals surface area contributed by atoms with Crippen LogP contribution in [0.5, 0.6) is 0 Å². The maximum Gasteiger partial charge on any atom is 0.257 e. The van der Waals surface area contributed by atoms with Gasteiger partial charge in [0, 0.05) is 31.7 Å². The number of amides is 1. The number of aromatic nitrogens is 2. The molecule has 1 saturated heterocycles. The fraction of sp³-hybridized carbons (Fsp3) is 0.200. The summed E-state index contributed by atoms with van der Waals surface area (Å²) in [5, 5.41) is 7.08. The molecular formula is C20H18Cl2N4O3S. The third kappa shape index (κ3) is 3.83. The summed E-state index contributed by atoms with van der Waals surface area (Å²) in [6.45, 7) is 0.843. The van der Waals surface area contributed by atoms with Crippen LogP contribution in [0.4, 0.5) is 0 Å². The SMILES string of the molecule is O=C(c1cn[nH]c1-c1ccccc1)N1CCN(S(=O)(=O)c2cccc(Cl)c2Cl)CC1. The molecule has 0 bridgehead atoms. The average Bonchev–Trinajstić information content (AvgIpc) is 3.25. The van der Waals surface area contributed by atoms with Crippen molar-refractivity contribution < 1.29 is 13.2 Å². The number of rotatable bonds is 4. The Bertz CT molecular complexity index is 1170. The van der Waals surface area contributed by atoms with Crippen molar-refractivity contribution in [3.8, 4) is 11.3 Å². The second kappa shape index (κ2) is 8.39. The van der Waals surface area contributed by atoms with E-state index >= 15 is 0 Å². The van der Waals surface area contributed by atoms with Crippen LogP contribution in [0.15, 0.2) is 59.6 Å². The van der Waals surface area contributed by atoms with Gasteiger partial charge in [0.15, 0.2) is 0 Å². The number of piperazine rings is 1. The van der Waals surface area contributed by atoms with E-state index in [0.717, 1.165) is 5.56 Å². The van der Waals surface area contributed by atoms with Crippen molar-refractivity contribution in [3.05, 3.63) is 70.3 Å². The topological polar surface area (TPSA) is 86.4 Å².